The van der Waals surface area contributed by atoms with Crippen molar-refractivity contribution in [1.29, 1.82) is 0 Å². The summed E-state index contributed by atoms with van der Waals surface area (Å²) >= 11 is 1.41. The van der Waals surface area contributed by atoms with Crippen molar-refractivity contribution in [3.8, 4) is 11.5 Å². The number of piperidine rings is 1. The standard InChI is InChI=1S/C32H31N3O4S/c1-37-25-14-11-21(18-26(25)38-2)30-24-13-10-20-8-4-5-9-23(20)29(24)33-32-35(30)31(36)27(40-32)19-22-12-15-28(39-22)34-16-6-3-7-17-34/h4-5,8-9,11-12,14-15,18-19,30H,3,6-7,10,13,16-17H2,1-2H3. The molecule has 2 aliphatic heterocycles. The van der Waals surface area contributed by atoms with E-state index >= 15 is 0 Å². The van der Waals surface area contributed by atoms with Crippen LogP contribution in [0.4, 0.5) is 5.88 Å². The summed E-state index contributed by atoms with van der Waals surface area (Å²) in [6.07, 6.45) is 7.22. The monoisotopic (exact) mass is 553 g/mol. The lowest BCUT2D eigenvalue weighted by Crippen LogP contribution is -2.38. The van der Waals surface area contributed by atoms with Crippen LogP contribution in [0.5, 0.6) is 11.5 Å². The average Bonchev–Trinajstić information content (AvgIpc) is 3.60. The zero-order valence-electron chi connectivity index (χ0n) is 22.7. The van der Waals surface area contributed by atoms with Gasteiger partial charge in [-0.2, -0.15) is 0 Å². The number of ether oxygens (including phenoxy) is 2. The lowest BCUT2D eigenvalue weighted by Gasteiger charge is -2.31. The Bertz CT molecular complexity index is 1810. The fourth-order valence-corrected chi connectivity index (χ4v) is 7.16. The van der Waals surface area contributed by atoms with Gasteiger partial charge in [0.2, 0.25) is 0 Å². The highest BCUT2D eigenvalue weighted by Crippen LogP contribution is 2.42. The van der Waals surface area contributed by atoms with Crippen LogP contribution in [0.15, 0.2) is 74.4 Å². The van der Waals surface area contributed by atoms with Crippen LogP contribution in [-0.4, -0.2) is 31.9 Å². The number of anilines is 1. The number of hydrogen-bond acceptors (Lipinski definition) is 7. The van der Waals surface area contributed by atoms with E-state index in [1.165, 1.54) is 36.2 Å². The Morgan fingerprint density at radius 3 is 2.62 bits per heavy atom. The molecule has 2 aromatic carbocycles. The summed E-state index contributed by atoms with van der Waals surface area (Å²) in [7, 11) is 3.26. The summed E-state index contributed by atoms with van der Waals surface area (Å²) in [5.74, 6) is 2.85. The molecule has 1 atom stereocenters. The maximum Gasteiger partial charge on any atom is 0.271 e. The van der Waals surface area contributed by atoms with E-state index in [0.29, 0.717) is 26.6 Å². The van der Waals surface area contributed by atoms with Crippen molar-refractivity contribution < 1.29 is 13.9 Å². The van der Waals surface area contributed by atoms with Gasteiger partial charge in [-0.05, 0) is 67.0 Å². The minimum absolute atomic E-state index is 0.0649. The van der Waals surface area contributed by atoms with Crippen molar-refractivity contribution in [1.82, 2.24) is 4.57 Å². The van der Waals surface area contributed by atoms with Crippen LogP contribution in [0.2, 0.25) is 0 Å². The Balaban J connectivity index is 1.39. The fourth-order valence-electron chi connectivity index (χ4n) is 6.18. The molecule has 1 aliphatic carbocycles. The zero-order chi connectivity index (χ0) is 27.2. The average molecular weight is 554 g/mol. The summed E-state index contributed by atoms with van der Waals surface area (Å²) < 4.78 is 19.8. The quantitative estimate of drug-likeness (QED) is 0.351. The van der Waals surface area contributed by atoms with Crippen LogP contribution in [0, 0.1) is 0 Å². The number of nitrogens with zero attached hydrogens (tertiary/aromatic N) is 3. The summed E-state index contributed by atoms with van der Waals surface area (Å²) in [5, 5.41) is 0. The summed E-state index contributed by atoms with van der Waals surface area (Å²) in [5.41, 5.74) is 5.46. The van der Waals surface area contributed by atoms with Crippen molar-refractivity contribution in [3.63, 3.8) is 0 Å². The Morgan fingerprint density at radius 1 is 0.975 bits per heavy atom. The van der Waals surface area contributed by atoms with E-state index in [9.17, 15) is 4.79 Å². The number of allylic oxidation sites excluding steroid dienone is 1. The molecule has 0 radical (unpaired) electrons. The van der Waals surface area contributed by atoms with Crippen LogP contribution >= 0.6 is 11.3 Å². The summed E-state index contributed by atoms with van der Waals surface area (Å²) in [6, 6.07) is 18.0. The third-order valence-electron chi connectivity index (χ3n) is 8.15. The normalized spacial score (nSPS) is 18.6. The molecule has 7 rings (SSSR count). The fraction of sp³-hybridized carbons (Fsp3) is 0.312. The molecule has 1 unspecified atom stereocenters. The van der Waals surface area contributed by atoms with Gasteiger partial charge < -0.3 is 18.8 Å². The molecule has 8 heteroatoms. The van der Waals surface area contributed by atoms with Crippen molar-refractivity contribution in [2.24, 2.45) is 4.99 Å². The number of rotatable bonds is 5. The van der Waals surface area contributed by atoms with E-state index in [4.69, 9.17) is 18.9 Å². The number of furan rings is 1. The Kier molecular flexibility index (Phi) is 6.35. The number of methoxy groups -OCH3 is 2. The molecule has 1 saturated heterocycles. The highest BCUT2D eigenvalue weighted by Gasteiger charge is 2.33. The molecule has 204 valence electrons. The van der Waals surface area contributed by atoms with Crippen LogP contribution in [0.3, 0.4) is 0 Å². The van der Waals surface area contributed by atoms with Gasteiger partial charge >= 0.3 is 0 Å². The van der Waals surface area contributed by atoms with Crippen LogP contribution < -0.4 is 29.3 Å². The lowest BCUT2D eigenvalue weighted by atomic mass is 9.83. The predicted octanol–water partition coefficient (Wildman–Crippen LogP) is 4.92. The van der Waals surface area contributed by atoms with Crippen LogP contribution in [0.25, 0.3) is 11.8 Å². The largest absolute Gasteiger partial charge is 0.493 e. The maximum atomic E-state index is 14.1. The Labute approximate surface area is 236 Å². The molecule has 0 spiro atoms. The molecule has 7 nitrogen and oxygen atoms in total. The first-order chi connectivity index (χ1) is 19.6. The van der Waals surface area contributed by atoms with E-state index in [1.54, 1.807) is 14.2 Å². The third-order valence-corrected chi connectivity index (χ3v) is 9.13. The van der Waals surface area contributed by atoms with Gasteiger partial charge in [0.1, 0.15) is 5.76 Å². The second-order valence-corrected chi connectivity index (χ2v) is 11.5. The molecule has 0 amide bonds. The summed E-state index contributed by atoms with van der Waals surface area (Å²) in [6.45, 7) is 2.01. The van der Waals surface area contributed by atoms with E-state index in [-0.39, 0.29) is 11.6 Å². The second kappa shape index (κ2) is 10.2. The van der Waals surface area contributed by atoms with Crippen molar-refractivity contribution in [2.75, 3.05) is 32.2 Å². The molecule has 0 bridgehead atoms. The van der Waals surface area contributed by atoms with E-state index in [2.05, 4.69) is 29.2 Å². The molecule has 2 aromatic heterocycles. The third kappa shape index (κ3) is 4.18. The minimum Gasteiger partial charge on any atom is -0.493 e. The lowest BCUT2D eigenvalue weighted by molar-refractivity contribution is 0.354. The van der Waals surface area contributed by atoms with Gasteiger partial charge in [0.25, 0.3) is 5.56 Å². The smallest absolute Gasteiger partial charge is 0.271 e. The van der Waals surface area contributed by atoms with E-state index < -0.39 is 0 Å². The SMILES string of the molecule is COc1ccc(C2C3=C(N=c4sc(=Cc5ccc(N6CCCCC6)o5)c(=O)n42)c2ccccc2CC3)cc1OC. The van der Waals surface area contributed by atoms with E-state index in [0.717, 1.165) is 54.2 Å². The number of benzene rings is 2. The highest BCUT2D eigenvalue weighted by atomic mass is 32.1. The van der Waals surface area contributed by atoms with E-state index in [1.807, 2.05) is 41.0 Å². The Morgan fingerprint density at radius 2 is 1.80 bits per heavy atom. The topological polar surface area (TPSA) is 69.2 Å². The van der Waals surface area contributed by atoms with Gasteiger partial charge in [0.05, 0.1) is 30.5 Å². The molecule has 1 fully saturated rings. The van der Waals surface area contributed by atoms with Crippen LogP contribution in [0.1, 0.15) is 54.2 Å². The first kappa shape index (κ1) is 25.0. The van der Waals surface area contributed by atoms with Crippen molar-refractivity contribution in [3.05, 3.63) is 102 Å². The minimum atomic E-state index is -0.290. The molecular weight excluding hydrogens is 522 g/mol. The number of aromatic nitrogens is 1. The first-order valence-electron chi connectivity index (χ1n) is 13.8. The number of aryl methyl sites for hydroxylation is 1. The molecule has 0 saturated carbocycles. The van der Waals surface area contributed by atoms with Gasteiger partial charge in [-0.15, -0.1) is 0 Å². The molecule has 40 heavy (non-hydrogen) atoms. The highest BCUT2D eigenvalue weighted by molar-refractivity contribution is 7.07. The van der Waals surface area contributed by atoms with Gasteiger partial charge in [0, 0.05) is 30.8 Å². The number of thiazole rings is 1. The second-order valence-electron chi connectivity index (χ2n) is 10.5. The van der Waals surface area contributed by atoms with Gasteiger partial charge in [-0.3, -0.25) is 9.36 Å². The molecular formula is C32H31N3O4S. The van der Waals surface area contributed by atoms with Crippen molar-refractivity contribution in [2.45, 2.75) is 38.1 Å². The van der Waals surface area contributed by atoms with Gasteiger partial charge in [-0.1, -0.05) is 41.7 Å². The predicted molar refractivity (Wildman–Crippen MR) is 157 cm³/mol. The number of hydrogen-bond donors (Lipinski definition) is 0. The first-order valence-corrected chi connectivity index (χ1v) is 14.7. The number of fused-ring (bicyclic) bond motifs is 3. The maximum absolute atomic E-state index is 14.1. The summed E-state index contributed by atoms with van der Waals surface area (Å²) in [4.78, 5) is 22.1. The van der Waals surface area contributed by atoms with Crippen LogP contribution in [-0.2, 0) is 6.42 Å². The molecule has 0 N–H and O–H groups in total. The van der Waals surface area contributed by atoms with Gasteiger partial charge in [0.15, 0.2) is 22.2 Å². The molecule has 4 heterocycles. The molecule has 4 aromatic rings. The zero-order valence-corrected chi connectivity index (χ0v) is 23.5. The van der Waals surface area contributed by atoms with Gasteiger partial charge in [-0.25, -0.2) is 4.99 Å². The molecule has 3 aliphatic rings. The Hall–Kier alpha value is -4.04. The van der Waals surface area contributed by atoms with Crippen molar-refractivity contribution >= 4 is 29.0 Å².